The molecule has 1 fully saturated rings. The number of nitrogens with two attached hydrogens (primary N) is 1. The minimum atomic E-state index is -0.589. The molecule has 0 spiro atoms. The average molecular weight is 406 g/mol. The third kappa shape index (κ3) is 3.86. The molecule has 2 aromatic rings. The summed E-state index contributed by atoms with van der Waals surface area (Å²) in [4.78, 5) is 40.4. The maximum absolute atomic E-state index is 13.0. The van der Waals surface area contributed by atoms with Crippen molar-refractivity contribution >= 4 is 17.7 Å². The first kappa shape index (κ1) is 20.3. The van der Waals surface area contributed by atoms with Crippen LogP contribution in [0.4, 0.5) is 0 Å². The lowest BCUT2D eigenvalue weighted by Gasteiger charge is -2.29. The Balaban J connectivity index is 1.49. The van der Waals surface area contributed by atoms with E-state index in [9.17, 15) is 14.4 Å². The van der Waals surface area contributed by atoms with Crippen LogP contribution in [0.5, 0.6) is 0 Å². The maximum atomic E-state index is 13.0. The topological polar surface area (TPSA) is 95.7 Å². The number of nitrogens with zero attached hydrogens (tertiary/aromatic N) is 2. The summed E-state index contributed by atoms with van der Waals surface area (Å²) in [7, 11) is 2.02. The van der Waals surface area contributed by atoms with Crippen molar-refractivity contribution in [3.63, 3.8) is 0 Å². The van der Waals surface area contributed by atoms with Gasteiger partial charge >= 0.3 is 0 Å². The summed E-state index contributed by atoms with van der Waals surface area (Å²) in [6.45, 7) is 1.54. The minimum absolute atomic E-state index is 0.0788. The summed E-state index contributed by atoms with van der Waals surface area (Å²) in [5.74, 6) is -0.818. The van der Waals surface area contributed by atoms with Gasteiger partial charge in [-0.1, -0.05) is 42.5 Å². The molecule has 3 amide bonds. The monoisotopic (exact) mass is 406 g/mol. The van der Waals surface area contributed by atoms with Gasteiger partial charge in [0.15, 0.2) is 0 Å². The van der Waals surface area contributed by atoms with E-state index in [-0.39, 0.29) is 30.2 Å². The zero-order chi connectivity index (χ0) is 21.3. The van der Waals surface area contributed by atoms with Gasteiger partial charge in [-0.25, -0.2) is 0 Å². The highest BCUT2D eigenvalue weighted by Crippen LogP contribution is 2.29. The molecule has 0 radical (unpaired) electrons. The molecule has 2 unspecified atom stereocenters. The molecule has 2 heterocycles. The van der Waals surface area contributed by atoms with Gasteiger partial charge in [-0.15, -0.1) is 0 Å². The van der Waals surface area contributed by atoms with Crippen LogP contribution in [-0.4, -0.2) is 47.2 Å². The first-order valence-electron chi connectivity index (χ1n) is 10.2. The molecule has 7 nitrogen and oxygen atoms in total. The fourth-order valence-electron chi connectivity index (χ4n) is 4.34. The van der Waals surface area contributed by atoms with Crippen molar-refractivity contribution in [1.29, 1.82) is 0 Å². The Bertz CT molecular complexity index is 976. The van der Waals surface area contributed by atoms with Gasteiger partial charge in [0.05, 0.1) is 0 Å². The van der Waals surface area contributed by atoms with E-state index in [0.29, 0.717) is 31.6 Å². The minimum Gasteiger partial charge on any atom is -0.329 e. The van der Waals surface area contributed by atoms with Gasteiger partial charge in [-0.05, 0) is 36.2 Å². The van der Waals surface area contributed by atoms with Crippen molar-refractivity contribution < 1.29 is 14.4 Å². The molecule has 0 aliphatic carbocycles. The van der Waals surface area contributed by atoms with E-state index in [0.717, 1.165) is 16.7 Å². The fourth-order valence-corrected chi connectivity index (χ4v) is 4.34. The van der Waals surface area contributed by atoms with Gasteiger partial charge in [0.25, 0.3) is 5.91 Å². The van der Waals surface area contributed by atoms with Crippen molar-refractivity contribution in [3.8, 4) is 0 Å². The van der Waals surface area contributed by atoms with E-state index in [1.54, 1.807) is 4.90 Å². The number of amides is 3. The molecule has 0 saturated carbocycles. The van der Waals surface area contributed by atoms with Crippen molar-refractivity contribution in [1.82, 2.24) is 15.1 Å². The second-order valence-corrected chi connectivity index (χ2v) is 7.97. The molecule has 0 aromatic heterocycles. The SMILES string of the molecule is CN(Cc1ccc2c(c1)C(=O)N(C1CCC(=O)NC1=O)C2)C(CN)c1ccccc1. The van der Waals surface area contributed by atoms with Gasteiger partial charge < -0.3 is 10.6 Å². The predicted molar refractivity (Wildman–Crippen MR) is 112 cm³/mol. The van der Waals surface area contributed by atoms with Crippen LogP contribution < -0.4 is 11.1 Å². The summed E-state index contributed by atoms with van der Waals surface area (Å²) in [5.41, 5.74) is 9.75. The quantitative estimate of drug-likeness (QED) is 0.710. The van der Waals surface area contributed by atoms with E-state index < -0.39 is 6.04 Å². The number of nitrogens with one attached hydrogen (secondary N) is 1. The molecule has 2 aliphatic rings. The van der Waals surface area contributed by atoms with E-state index in [1.807, 2.05) is 43.4 Å². The lowest BCUT2D eigenvalue weighted by molar-refractivity contribution is -0.136. The smallest absolute Gasteiger partial charge is 0.255 e. The number of imide groups is 1. The van der Waals surface area contributed by atoms with E-state index in [1.165, 1.54) is 0 Å². The average Bonchev–Trinajstić information content (AvgIpc) is 3.05. The van der Waals surface area contributed by atoms with E-state index in [2.05, 4.69) is 22.3 Å². The third-order valence-electron chi connectivity index (χ3n) is 5.96. The summed E-state index contributed by atoms with van der Waals surface area (Å²) >= 11 is 0. The van der Waals surface area contributed by atoms with Crippen LogP contribution in [0.1, 0.15) is 45.9 Å². The number of carbonyl (C=O) groups excluding carboxylic acids is 3. The number of rotatable bonds is 6. The molecular formula is C23H26N4O3. The van der Waals surface area contributed by atoms with Crippen LogP contribution in [0.3, 0.4) is 0 Å². The number of hydrogen-bond acceptors (Lipinski definition) is 5. The molecule has 7 heteroatoms. The van der Waals surface area contributed by atoms with Crippen LogP contribution in [0.25, 0.3) is 0 Å². The van der Waals surface area contributed by atoms with Crippen molar-refractivity contribution in [3.05, 3.63) is 70.8 Å². The summed E-state index contributed by atoms with van der Waals surface area (Å²) < 4.78 is 0. The highest BCUT2D eigenvalue weighted by molar-refractivity contribution is 6.05. The Hall–Kier alpha value is -3.03. The number of fused-ring (bicyclic) bond motifs is 1. The summed E-state index contributed by atoms with van der Waals surface area (Å²) in [6.07, 6.45) is 0.627. The fraction of sp³-hybridized carbons (Fsp3) is 0.348. The van der Waals surface area contributed by atoms with Crippen LogP contribution in [-0.2, 0) is 22.7 Å². The van der Waals surface area contributed by atoms with Gasteiger partial charge in [0.1, 0.15) is 6.04 Å². The highest BCUT2D eigenvalue weighted by Gasteiger charge is 2.39. The Morgan fingerprint density at radius 2 is 1.93 bits per heavy atom. The molecule has 2 aliphatic heterocycles. The molecule has 2 atom stereocenters. The van der Waals surface area contributed by atoms with Crippen LogP contribution >= 0.6 is 0 Å². The molecule has 1 saturated heterocycles. The Labute approximate surface area is 175 Å². The highest BCUT2D eigenvalue weighted by atomic mass is 16.2. The van der Waals surface area contributed by atoms with E-state index >= 15 is 0 Å². The zero-order valence-electron chi connectivity index (χ0n) is 17.0. The first-order chi connectivity index (χ1) is 14.5. The van der Waals surface area contributed by atoms with Crippen LogP contribution in [0.15, 0.2) is 48.5 Å². The molecular weight excluding hydrogens is 380 g/mol. The lowest BCUT2D eigenvalue weighted by Crippen LogP contribution is -2.52. The molecule has 30 heavy (non-hydrogen) atoms. The lowest BCUT2D eigenvalue weighted by atomic mass is 10.0. The Morgan fingerprint density at radius 3 is 2.63 bits per heavy atom. The first-order valence-corrected chi connectivity index (χ1v) is 10.2. The molecule has 2 aromatic carbocycles. The van der Waals surface area contributed by atoms with Gasteiger partial charge in [-0.3, -0.25) is 24.6 Å². The van der Waals surface area contributed by atoms with Crippen molar-refractivity contribution in [2.24, 2.45) is 5.73 Å². The standard InChI is InChI=1S/C23H26N4O3/c1-26(20(12-24)16-5-3-2-4-6-16)13-15-7-8-17-14-27(23(30)18(17)11-15)19-9-10-21(28)25-22(19)29/h2-8,11,19-20H,9-10,12-14,24H2,1H3,(H,25,28,29). The molecule has 4 rings (SSSR count). The number of piperidine rings is 1. The number of carbonyl (C=O) groups is 3. The second-order valence-electron chi connectivity index (χ2n) is 7.97. The second kappa shape index (κ2) is 8.38. The van der Waals surface area contributed by atoms with Crippen molar-refractivity contribution in [2.75, 3.05) is 13.6 Å². The molecule has 3 N–H and O–H groups in total. The number of hydrogen-bond donors (Lipinski definition) is 2. The van der Waals surface area contributed by atoms with Crippen LogP contribution in [0.2, 0.25) is 0 Å². The zero-order valence-corrected chi connectivity index (χ0v) is 17.0. The third-order valence-corrected chi connectivity index (χ3v) is 5.96. The van der Waals surface area contributed by atoms with E-state index in [4.69, 9.17) is 5.73 Å². The number of benzene rings is 2. The van der Waals surface area contributed by atoms with Crippen LogP contribution in [0, 0.1) is 0 Å². The maximum Gasteiger partial charge on any atom is 0.255 e. The normalized spacial score (nSPS) is 19.8. The Morgan fingerprint density at radius 1 is 1.17 bits per heavy atom. The molecule has 0 bridgehead atoms. The van der Waals surface area contributed by atoms with Gasteiger partial charge in [0.2, 0.25) is 11.8 Å². The largest absolute Gasteiger partial charge is 0.329 e. The molecule has 156 valence electrons. The number of likely N-dealkylation sites (N-methyl/N-ethyl adjacent to an activating group) is 1. The van der Waals surface area contributed by atoms with Gasteiger partial charge in [0, 0.05) is 37.7 Å². The van der Waals surface area contributed by atoms with Crippen molar-refractivity contribution in [2.45, 2.75) is 38.0 Å². The summed E-state index contributed by atoms with van der Waals surface area (Å²) in [5, 5.41) is 2.34. The Kier molecular flexibility index (Phi) is 5.65. The van der Waals surface area contributed by atoms with Gasteiger partial charge in [-0.2, -0.15) is 0 Å². The summed E-state index contributed by atoms with van der Waals surface area (Å²) in [6, 6.07) is 15.5. The predicted octanol–water partition coefficient (Wildman–Crippen LogP) is 1.58.